The zero-order chi connectivity index (χ0) is 10.8. The average molecular weight is 218 g/mol. The molecule has 0 heterocycles. The van der Waals surface area contributed by atoms with Gasteiger partial charge in [-0.05, 0) is 17.7 Å². The molecule has 76 valence electrons. The average Bonchev–Trinajstić information content (AvgIpc) is 2.17. The van der Waals surface area contributed by atoms with Gasteiger partial charge in [-0.25, -0.2) is 10.2 Å². The first-order valence-electron chi connectivity index (χ1n) is 3.73. The van der Waals surface area contributed by atoms with E-state index in [0.717, 1.165) is 12.1 Å². The molecule has 0 aromatic heterocycles. The van der Waals surface area contributed by atoms with Crippen molar-refractivity contribution in [3.05, 3.63) is 35.6 Å². The van der Waals surface area contributed by atoms with Crippen LogP contribution >= 0.6 is 11.6 Å². The Balaban J connectivity index is 3.03. The minimum Gasteiger partial charge on any atom is -0.301 e. The fraction of sp³-hybridized carbons (Fsp3) is 0.125. The minimum atomic E-state index is -1.78. The molecule has 1 amide bonds. The van der Waals surface area contributed by atoms with Crippen LogP contribution in [0.25, 0.3) is 0 Å². The van der Waals surface area contributed by atoms with Crippen molar-refractivity contribution in [1.29, 1.82) is 0 Å². The van der Waals surface area contributed by atoms with Crippen LogP contribution in [0.5, 0.6) is 0 Å². The van der Waals surface area contributed by atoms with E-state index in [-0.39, 0.29) is 5.56 Å². The van der Waals surface area contributed by atoms with Gasteiger partial charge in [-0.2, -0.15) is 0 Å². The molecule has 1 rings (SSSR count). The largest absolute Gasteiger partial charge is 0.301 e. The van der Waals surface area contributed by atoms with Crippen LogP contribution in [-0.2, 0) is 9.79 Å². The summed E-state index contributed by atoms with van der Waals surface area (Å²) in [4.78, 5) is 9.36. The second kappa shape index (κ2) is 3.91. The number of hydrogen-bond acceptors (Lipinski definition) is 3. The van der Waals surface area contributed by atoms with Crippen LogP contribution in [0.2, 0.25) is 0 Å². The number of rotatable bonds is 2. The highest BCUT2D eigenvalue weighted by molar-refractivity contribution is 6.34. The third-order valence-electron chi connectivity index (χ3n) is 1.73. The number of hydrazine groups is 1. The van der Waals surface area contributed by atoms with E-state index in [1.807, 2.05) is 5.43 Å². The molecular formula is C8H9ClFN3O. The Morgan fingerprint density at radius 2 is 1.93 bits per heavy atom. The van der Waals surface area contributed by atoms with E-state index in [2.05, 4.69) is 0 Å². The number of carbonyl (C=O) groups is 1. The van der Waals surface area contributed by atoms with Crippen molar-refractivity contribution >= 4 is 17.5 Å². The van der Waals surface area contributed by atoms with Gasteiger partial charge in [0.25, 0.3) is 5.91 Å². The number of carbonyl (C=O) groups excluding carboxylic acids is 1. The predicted molar refractivity (Wildman–Crippen MR) is 50.4 cm³/mol. The topological polar surface area (TPSA) is 81.1 Å². The Hall–Kier alpha value is -1.17. The van der Waals surface area contributed by atoms with Crippen LogP contribution in [0, 0.1) is 5.82 Å². The minimum absolute atomic E-state index is 0.267. The van der Waals surface area contributed by atoms with Crippen molar-refractivity contribution in [2.24, 2.45) is 11.6 Å². The molecule has 0 saturated carbocycles. The molecule has 0 aliphatic rings. The summed E-state index contributed by atoms with van der Waals surface area (Å²) in [6.45, 7) is 0. The standard InChI is InChI=1S/C8H9ClFN3O/c9-8(11,7(14)13-12)5-1-3-6(10)4-2-5/h1-4H,11-12H2,(H,13,14). The molecular weight excluding hydrogens is 209 g/mol. The highest BCUT2D eigenvalue weighted by Gasteiger charge is 2.32. The summed E-state index contributed by atoms with van der Waals surface area (Å²) in [6, 6.07) is 4.95. The third-order valence-corrected chi connectivity index (χ3v) is 2.12. The van der Waals surface area contributed by atoms with Crippen LogP contribution in [-0.4, -0.2) is 5.91 Å². The van der Waals surface area contributed by atoms with Crippen LogP contribution in [0.15, 0.2) is 24.3 Å². The number of nitrogens with one attached hydrogen (secondary N) is 1. The predicted octanol–water partition coefficient (Wildman–Crippen LogP) is 0.166. The molecule has 6 heteroatoms. The number of hydrogen-bond donors (Lipinski definition) is 3. The summed E-state index contributed by atoms with van der Waals surface area (Å²) in [5, 5.41) is 0. The normalized spacial score (nSPS) is 14.6. The molecule has 1 atom stereocenters. The smallest absolute Gasteiger partial charge is 0.274 e. The van der Waals surface area contributed by atoms with E-state index in [1.165, 1.54) is 12.1 Å². The van der Waals surface area contributed by atoms with E-state index in [4.69, 9.17) is 23.2 Å². The number of alkyl halides is 1. The zero-order valence-corrected chi connectivity index (χ0v) is 7.88. The lowest BCUT2D eigenvalue weighted by molar-refractivity contribution is -0.123. The zero-order valence-electron chi connectivity index (χ0n) is 7.13. The van der Waals surface area contributed by atoms with Crippen LogP contribution in [0.1, 0.15) is 5.56 Å². The second-order valence-corrected chi connectivity index (χ2v) is 3.29. The van der Waals surface area contributed by atoms with Gasteiger partial charge in [0.05, 0.1) is 0 Å². The van der Waals surface area contributed by atoms with E-state index < -0.39 is 16.7 Å². The second-order valence-electron chi connectivity index (χ2n) is 2.69. The molecule has 4 nitrogen and oxygen atoms in total. The molecule has 0 saturated heterocycles. The lowest BCUT2D eigenvalue weighted by Gasteiger charge is -2.19. The van der Waals surface area contributed by atoms with Crippen molar-refractivity contribution in [1.82, 2.24) is 5.43 Å². The van der Waals surface area contributed by atoms with Gasteiger partial charge < -0.3 is 5.73 Å². The highest BCUT2D eigenvalue weighted by Crippen LogP contribution is 2.22. The Morgan fingerprint density at radius 3 is 2.36 bits per heavy atom. The summed E-state index contributed by atoms with van der Waals surface area (Å²) < 4.78 is 12.5. The summed E-state index contributed by atoms with van der Waals surface area (Å²) in [7, 11) is 0. The SMILES string of the molecule is NNC(=O)C(N)(Cl)c1ccc(F)cc1. The van der Waals surface area contributed by atoms with E-state index >= 15 is 0 Å². The summed E-state index contributed by atoms with van der Waals surface area (Å²) in [5.74, 6) is 3.69. The van der Waals surface area contributed by atoms with E-state index in [0.29, 0.717) is 0 Å². The van der Waals surface area contributed by atoms with Gasteiger partial charge in [-0.15, -0.1) is 0 Å². The van der Waals surface area contributed by atoms with Gasteiger partial charge >= 0.3 is 0 Å². The fourth-order valence-electron chi connectivity index (χ4n) is 0.929. The molecule has 1 aromatic carbocycles. The summed E-state index contributed by atoms with van der Waals surface area (Å²) >= 11 is 5.73. The summed E-state index contributed by atoms with van der Waals surface area (Å²) in [6.07, 6.45) is 0. The van der Waals surface area contributed by atoms with Crippen molar-refractivity contribution < 1.29 is 9.18 Å². The lowest BCUT2D eigenvalue weighted by atomic mass is 10.1. The highest BCUT2D eigenvalue weighted by atomic mass is 35.5. The molecule has 5 N–H and O–H groups in total. The van der Waals surface area contributed by atoms with Gasteiger partial charge in [0, 0.05) is 0 Å². The molecule has 0 aliphatic carbocycles. The van der Waals surface area contributed by atoms with Gasteiger partial charge in [-0.3, -0.25) is 10.2 Å². The Labute approximate surface area is 85.0 Å². The van der Waals surface area contributed by atoms with Gasteiger partial charge in [0.15, 0.2) is 5.00 Å². The first kappa shape index (κ1) is 10.9. The molecule has 0 aliphatic heterocycles. The Bertz CT molecular complexity index is 339. The molecule has 1 unspecified atom stereocenters. The third kappa shape index (κ3) is 2.01. The van der Waals surface area contributed by atoms with Gasteiger partial charge in [0.1, 0.15) is 5.82 Å². The molecule has 0 bridgehead atoms. The van der Waals surface area contributed by atoms with Gasteiger partial charge in [-0.1, -0.05) is 23.7 Å². The molecule has 0 radical (unpaired) electrons. The van der Waals surface area contributed by atoms with Crippen molar-refractivity contribution in [2.45, 2.75) is 5.00 Å². The van der Waals surface area contributed by atoms with E-state index in [1.54, 1.807) is 0 Å². The fourth-order valence-corrected chi connectivity index (χ4v) is 1.11. The maximum Gasteiger partial charge on any atom is 0.274 e. The van der Waals surface area contributed by atoms with Crippen LogP contribution < -0.4 is 17.0 Å². The molecule has 14 heavy (non-hydrogen) atoms. The monoisotopic (exact) mass is 217 g/mol. The Kier molecular flexibility index (Phi) is 3.05. The maximum absolute atomic E-state index is 12.5. The van der Waals surface area contributed by atoms with Crippen molar-refractivity contribution in [2.75, 3.05) is 0 Å². The first-order valence-corrected chi connectivity index (χ1v) is 4.11. The Morgan fingerprint density at radius 1 is 1.43 bits per heavy atom. The number of nitrogens with two attached hydrogens (primary N) is 2. The molecule has 1 aromatic rings. The summed E-state index contributed by atoms with van der Waals surface area (Å²) in [5.41, 5.74) is 7.59. The van der Waals surface area contributed by atoms with E-state index in [9.17, 15) is 9.18 Å². The number of benzene rings is 1. The van der Waals surface area contributed by atoms with Crippen molar-refractivity contribution in [3.8, 4) is 0 Å². The quantitative estimate of drug-likeness (QED) is 0.217. The maximum atomic E-state index is 12.5. The lowest BCUT2D eigenvalue weighted by Crippen LogP contribution is -2.49. The molecule has 0 fully saturated rings. The van der Waals surface area contributed by atoms with Crippen LogP contribution in [0.4, 0.5) is 4.39 Å². The van der Waals surface area contributed by atoms with Crippen LogP contribution in [0.3, 0.4) is 0 Å². The first-order chi connectivity index (χ1) is 6.48. The van der Waals surface area contributed by atoms with Gasteiger partial charge in [0.2, 0.25) is 0 Å². The number of amides is 1. The van der Waals surface area contributed by atoms with Crippen molar-refractivity contribution in [3.63, 3.8) is 0 Å². The molecule has 0 spiro atoms. The number of halogens is 2.